The maximum absolute atomic E-state index is 12.2. The minimum atomic E-state index is -0.640. The molecule has 1 aromatic rings. The molecule has 21 heavy (non-hydrogen) atoms. The fourth-order valence-electron chi connectivity index (χ4n) is 4.20. The second kappa shape index (κ2) is 4.32. The van der Waals surface area contributed by atoms with Gasteiger partial charge in [0.1, 0.15) is 4.92 Å². The van der Waals surface area contributed by atoms with E-state index in [0.29, 0.717) is 5.92 Å². The van der Waals surface area contributed by atoms with E-state index in [-0.39, 0.29) is 28.5 Å². The van der Waals surface area contributed by atoms with E-state index < -0.39 is 10.8 Å². The molecule has 1 aromatic heterocycles. The molecule has 1 amide bonds. The second-order valence-corrected chi connectivity index (χ2v) is 7.03. The van der Waals surface area contributed by atoms with E-state index in [9.17, 15) is 14.9 Å². The maximum atomic E-state index is 12.2. The van der Waals surface area contributed by atoms with Crippen LogP contribution in [0.4, 0.5) is 5.88 Å². The highest BCUT2D eigenvalue weighted by Crippen LogP contribution is 2.65. The van der Waals surface area contributed by atoms with Crippen LogP contribution in [-0.4, -0.2) is 16.9 Å². The van der Waals surface area contributed by atoms with Crippen molar-refractivity contribution in [3.05, 3.63) is 28.0 Å². The lowest BCUT2D eigenvalue weighted by atomic mass is 9.69. The van der Waals surface area contributed by atoms with E-state index >= 15 is 0 Å². The molecule has 0 spiro atoms. The third kappa shape index (κ3) is 1.88. The fraction of sp³-hybridized carbons (Fsp3) is 0.667. The first kappa shape index (κ1) is 14.1. The van der Waals surface area contributed by atoms with Gasteiger partial charge < -0.3 is 9.73 Å². The number of hydrogen-bond acceptors (Lipinski definition) is 4. The molecule has 2 fully saturated rings. The molecule has 3 unspecified atom stereocenters. The van der Waals surface area contributed by atoms with Crippen molar-refractivity contribution in [2.45, 2.75) is 46.1 Å². The molecule has 3 rings (SSSR count). The summed E-state index contributed by atoms with van der Waals surface area (Å²) in [6, 6.07) is 2.66. The zero-order valence-electron chi connectivity index (χ0n) is 12.5. The highest BCUT2D eigenvalue weighted by Gasteiger charge is 2.61. The summed E-state index contributed by atoms with van der Waals surface area (Å²) in [6.45, 7) is 6.78. The molecule has 2 aliphatic rings. The largest absolute Gasteiger partial charge is 0.433 e. The number of fused-ring (bicyclic) bond motifs is 2. The maximum Gasteiger partial charge on any atom is 0.433 e. The first-order chi connectivity index (χ1) is 9.75. The molecule has 2 bridgehead atoms. The van der Waals surface area contributed by atoms with Crippen molar-refractivity contribution in [3.8, 4) is 0 Å². The van der Waals surface area contributed by atoms with E-state index in [2.05, 4.69) is 26.1 Å². The molecular formula is C15H20N2O4. The molecular weight excluding hydrogens is 272 g/mol. The van der Waals surface area contributed by atoms with Gasteiger partial charge in [0.05, 0.1) is 6.07 Å². The summed E-state index contributed by atoms with van der Waals surface area (Å²) in [5.41, 5.74) is 0.284. The minimum absolute atomic E-state index is 0.00544. The van der Waals surface area contributed by atoms with Gasteiger partial charge >= 0.3 is 5.88 Å². The van der Waals surface area contributed by atoms with Crippen LogP contribution in [0.15, 0.2) is 16.5 Å². The van der Waals surface area contributed by atoms with Gasteiger partial charge in [0, 0.05) is 6.04 Å². The van der Waals surface area contributed by atoms with Gasteiger partial charge in [-0.3, -0.25) is 14.9 Å². The number of nitrogens with one attached hydrogen (secondary N) is 1. The third-order valence-electron chi connectivity index (χ3n) is 6.09. The van der Waals surface area contributed by atoms with Crippen molar-refractivity contribution >= 4 is 11.8 Å². The summed E-state index contributed by atoms with van der Waals surface area (Å²) in [6.07, 6.45) is 3.29. The number of rotatable bonds is 3. The smallest absolute Gasteiger partial charge is 0.395 e. The summed E-state index contributed by atoms with van der Waals surface area (Å²) in [5, 5.41) is 13.6. The monoisotopic (exact) mass is 292 g/mol. The number of carbonyl (C=O) groups excluding carboxylic acids is 1. The second-order valence-electron chi connectivity index (χ2n) is 7.03. The Bertz CT molecular complexity index is 607. The summed E-state index contributed by atoms with van der Waals surface area (Å²) in [4.78, 5) is 22.2. The van der Waals surface area contributed by atoms with Crippen LogP contribution in [0, 0.1) is 26.9 Å². The first-order valence-electron chi connectivity index (χ1n) is 7.31. The molecule has 6 nitrogen and oxygen atoms in total. The van der Waals surface area contributed by atoms with Crippen molar-refractivity contribution < 1.29 is 14.1 Å². The van der Waals surface area contributed by atoms with Crippen LogP contribution in [0.5, 0.6) is 0 Å². The lowest BCUT2D eigenvalue weighted by Crippen LogP contribution is -2.46. The van der Waals surface area contributed by atoms with Crippen LogP contribution in [0.25, 0.3) is 0 Å². The van der Waals surface area contributed by atoms with E-state index in [0.717, 1.165) is 12.8 Å². The lowest BCUT2D eigenvalue weighted by molar-refractivity contribution is -0.402. The summed E-state index contributed by atoms with van der Waals surface area (Å²) in [5.74, 6) is -0.137. The molecule has 0 aromatic carbocycles. The number of nitrogens with zero attached hydrogens (tertiary/aromatic N) is 1. The predicted octanol–water partition coefficient (Wildman–Crippen LogP) is 3.13. The van der Waals surface area contributed by atoms with Gasteiger partial charge in [-0.05, 0) is 42.1 Å². The molecule has 6 heteroatoms. The van der Waals surface area contributed by atoms with Crippen LogP contribution in [0.3, 0.4) is 0 Å². The first-order valence-corrected chi connectivity index (χ1v) is 7.31. The van der Waals surface area contributed by atoms with Gasteiger partial charge in [0.25, 0.3) is 5.91 Å². The van der Waals surface area contributed by atoms with Crippen molar-refractivity contribution in [2.75, 3.05) is 0 Å². The molecule has 3 atom stereocenters. The quantitative estimate of drug-likeness (QED) is 0.685. The molecule has 0 aliphatic heterocycles. The van der Waals surface area contributed by atoms with Crippen LogP contribution < -0.4 is 5.32 Å². The number of hydrogen-bond donors (Lipinski definition) is 1. The predicted molar refractivity (Wildman–Crippen MR) is 75.8 cm³/mol. The van der Waals surface area contributed by atoms with Gasteiger partial charge in [-0.1, -0.05) is 20.8 Å². The summed E-state index contributed by atoms with van der Waals surface area (Å²) >= 11 is 0. The Labute approximate surface area is 123 Å². The Morgan fingerprint density at radius 3 is 2.62 bits per heavy atom. The van der Waals surface area contributed by atoms with Crippen LogP contribution in [0.2, 0.25) is 0 Å². The van der Waals surface area contributed by atoms with Gasteiger partial charge in [-0.15, -0.1) is 0 Å². The van der Waals surface area contributed by atoms with Gasteiger partial charge in [-0.2, -0.15) is 0 Å². The summed E-state index contributed by atoms with van der Waals surface area (Å²) < 4.78 is 4.97. The van der Waals surface area contributed by atoms with E-state index in [1.165, 1.54) is 18.6 Å². The molecule has 1 N–H and O–H groups in total. The highest BCUT2D eigenvalue weighted by atomic mass is 16.6. The molecule has 1 heterocycles. The zero-order chi connectivity index (χ0) is 15.4. The van der Waals surface area contributed by atoms with Crippen molar-refractivity contribution in [1.29, 1.82) is 0 Å². The Balaban J connectivity index is 1.75. The third-order valence-corrected chi connectivity index (χ3v) is 6.09. The SMILES string of the molecule is CC1(C)C2CCC1(C)C(NC(=O)c1ccc([N+](=O)[O-])o1)C2. The molecule has 2 aliphatic carbocycles. The number of amides is 1. The Morgan fingerprint density at radius 2 is 2.14 bits per heavy atom. The van der Waals surface area contributed by atoms with Crippen LogP contribution >= 0.6 is 0 Å². The highest BCUT2D eigenvalue weighted by molar-refractivity contribution is 5.92. The van der Waals surface area contributed by atoms with Gasteiger partial charge in [0.15, 0.2) is 5.76 Å². The van der Waals surface area contributed by atoms with Crippen molar-refractivity contribution in [2.24, 2.45) is 16.7 Å². The fourth-order valence-corrected chi connectivity index (χ4v) is 4.20. The van der Waals surface area contributed by atoms with Crippen LogP contribution in [0.1, 0.15) is 50.6 Å². The Hall–Kier alpha value is -1.85. The van der Waals surface area contributed by atoms with E-state index in [4.69, 9.17) is 4.42 Å². The molecule has 114 valence electrons. The standard InChI is InChI=1S/C15H20N2O4/c1-14(2)9-6-7-15(14,3)11(8-9)16-13(18)10-4-5-12(21-10)17(19)20/h4-5,9,11H,6-8H2,1-3H3,(H,16,18). The average Bonchev–Trinajstić information content (AvgIpc) is 3.02. The minimum Gasteiger partial charge on any atom is -0.395 e. The Morgan fingerprint density at radius 1 is 1.43 bits per heavy atom. The number of carbonyl (C=O) groups is 1. The number of furan rings is 1. The van der Waals surface area contributed by atoms with E-state index in [1.54, 1.807) is 0 Å². The topological polar surface area (TPSA) is 85.4 Å². The van der Waals surface area contributed by atoms with Crippen molar-refractivity contribution in [3.63, 3.8) is 0 Å². The normalized spacial score (nSPS) is 33.1. The van der Waals surface area contributed by atoms with Gasteiger partial charge in [0.2, 0.25) is 0 Å². The zero-order valence-corrected chi connectivity index (χ0v) is 12.5. The molecule has 2 saturated carbocycles. The molecule has 0 radical (unpaired) electrons. The van der Waals surface area contributed by atoms with E-state index in [1.807, 2.05) is 0 Å². The average molecular weight is 292 g/mol. The van der Waals surface area contributed by atoms with Gasteiger partial charge in [-0.25, -0.2) is 0 Å². The number of nitro groups is 1. The van der Waals surface area contributed by atoms with Crippen LogP contribution in [-0.2, 0) is 0 Å². The summed E-state index contributed by atoms with van der Waals surface area (Å²) in [7, 11) is 0. The molecule has 0 saturated heterocycles. The van der Waals surface area contributed by atoms with Crippen molar-refractivity contribution in [1.82, 2.24) is 5.32 Å². The lowest BCUT2D eigenvalue weighted by Gasteiger charge is -2.39. The Kier molecular flexibility index (Phi) is 2.90.